The Morgan fingerprint density at radius 3 is 2.10 bits per heavy atom. The van der Waals surface area contributed by atoms with Crippen molar-refractivity contribution in [2.45, 2.75) is 38.8 Å². The summed E-state index contributed by atoms with van der Waals surface area (Å²) in [7, 11) is 1.55. The standard InChI is InChI=1S/C18H31N3O9/c1-11(17(25)21-13(18(26)27)9-15(19)23)8-14(22)12(2)20-16(24)10-30-7-6-29-5-4-28-3/h11-13H,4-10H2,1-3H3,(H2,19,23)(H,20,24)(H,21,25)(H,26,27)/t11-,12-,13-/m0/s1. The molecule has 0 aromatic heterocycles. The second-order valence-corrected chi connectivity index (χ2v) is 6.59. The number of nitrogens with one attached hydrogen (secondary N) is 2. The minimum absolute atomic E-state index is 0.201. The summed E-state index contributed by atoms with van der Waals surface area (Å²) >= 11 is 0. The number of carbonyl (C=O) groups excluding carboxylic acids is 4. The normalized spacial score (nSPS) is 13.7. The minimum Gasteiger partial charge on any atom is -0.480 e. The second-order valence-electron chi connectivity index (χ2n) is 6.59. The molecule has 0 aliphatic rings. The molecule has 30 heavy (non-hydrogen) atoms. The zero-order valence-corrected chi connectivity index (χ0v) is 17.5. The number of hydrogen-bond donors (Lipinski definition) is 4. The van der Waals surface area contributed by atoms with Crippen LogP contribution in [-0.2, 0) is 38.2 Å². The van der Waals surface area contributed by atoms with Crippen molar-refractivity contribution in [1.82, 2.24) is 10.6 Å². The molecule has 12 heteroatoms. The molecule has 0 aromatic rings. The maximum atomic E-state index is 12.2. The zero-order chi connectivity index (χ0) is 23.1. The van der Waals surface area contributed by atoms with Crippen molar-refractivity contribution in [3.63, 3.8) is 0 Å². The fourth-order valence-corrected chi connectivity index (χ4v) is 2.18. The molecule has 5 N–H and O–H groups in total. The van der Waals surface area contributed by atoms with Crippen molar-refractivity contribution in [1.29, 1.82) is 0 Å². The fourth-order valence-electron chi connectivity index (χ4n) is 2.18. The number of carboxylic acid groups (broad SMARTS) is 1. The van der Waals surface area contributed by atoms with Crippen molar-refractivity contribution >= 4 is 29.5 Å². The van der Waals surface area contributed by atoms with Crippen LogP contribution in [0.3, 0.4) is 0 Å². The summed E-state index contributed by atoms with van der Waals surface area (Å²) in [5, 5.41) is 13.6. The van der Waals surface area contributed by atoms with E-state index in [2.05, 4.69) is 10.6 Å². The second kappa shape index (κ2) is 15.3. The lowest BCUT2D eigenvalue weighted by Gasteiger charge is -2.18. The third-order valence-electron chi connectivity index (χ3n) is 3.87. The molecule has 0 unspecified atom stereocenters. The highest BCUT2D eigenvalue weighted by atomic mass is 16.5. The summed E-state index contributed by atoms with van der Waals surface area (Å²) in [5.41, 5.74) is 4.95. The lowest BCUT2D eigenvalue weighted by Crippen LogP contribution is -2.46. The van der Waals surface area contributed by atoms with E-state index in [-0.39, 0.29) is 19.6 Å². The molecule has 12 nitrogen and oxygen atoms in total. The average molecular weight is 433 g/mol. The Hall–Kier alpha value is -2.57. The molecule has 0 saturated carbocycles. The summed E-state index contributed by atoms with van der Waals surface area (Å²) in [6.07, 6.45) is -0.796. The topological polar surface area (TPSA) is 183 Å². The summed E-state index contributed by atoms with van der Waals surface area (Å²) in [6.45, 7) is 4.01. The lowest BCUT2D eigenvalue weighted by atomic mass is 9.99. The summed E-state index contributed by atoms with van der Waals surface area (Å²) in [4.78, 5) is 58.0. The quantitative estimate of drug-likeness (QED) is 0.192. The van der Waals surface area contributed by atoms with E-state index in [0.717, 1.165) is 0 Å². The number of carbonyl (C=O) groups is 5. The largest absolute Gasteiger partial charge is 0.480 e. The van der Waals surface area contributed by atoms with Gasteiger partial charge < -0.3 is 35.7 Å². The lowest BCUT2D eigenvalue weighted by molar-refractivity contribution is -0.144. The molecule has 0 fully saturated rings. The van der Waals surface area contributed by atoms with Crippen LogP contribution >= 0.6 is 0 Å². The van der Waals surface area contributed by atoms with Crippen molar-refractivity contribution in [2.75, 3.05) is 40.1 Å². The van der Waals surface area contributed by atoms with Crippen LogP contribution in [0, 0.1) is 5.92 Å². The van der Waals surface area contributed by atoms with E-state index in [4.69, 9.17) is 25.1 Å². The molecule has 0 rings (SSSR count). The van der Waals surface area contributed by atoms with Crippen LogP contribution in [-0.4, -0.2) is 86.8 Å². The van der Waals surface area contributed by atoms with Gasteiger partial charge in [-0.25, -0.2) is 4.79 Å². The Balaban J connectivity index is 4.28. The number of ether oxygens (including phenoxy) is 3. The average Bonchev–Trinajstić information content (AvgIpc) is 2.65. The fraction of sp³-hybridized carbons (Fsp3) is 0.722. The highest BCUT2D eigenvalue weighted by Crippen LogP contribution is 2.07. The number of carboxylic acids is 1. The number of rotatable bonds is 17. The van der Waals surface area contributed by atoms with Crippen molar-refractivity contribution in [3.8, 4) is 0 Å². The van der Waals surface area contributed by atoms with E-state index in [1.807, 2.05) is 0 Å². The van der Waals surface area contributed by atoms with Gasteiger partial charge in [0.15, 0.2) is 5.78 Å². The SMILES string of the molecule is COCCOCCOCC(=O)N[C@@H](C)C(=O)C[C@H](C)C(=O)N[C@@H](CC(N)=O)C(=O)O. The Labute approximate surface area is 174 Å². The van der Waals surface area contributed by atoms with Gasteiger partial charge in [-0.1, -0.05) is 6.92 Å². The molecule has 0 aliphatic heterocycles. The first-order valence-corrected chi connectivity index (χ1v) is 9.36. The van der Waals surface area contributed by atoms with Crippen LogP contribution in [0.25, 0.3) is 0 Å². The van der Waals surface area contributed by atoms with Gasteiger partial charge in [0.05, 0.1) is 38.9 Å². The monoisotopic (exact) mass is 433 g/mol. The molecule has 3 atom stereocenters. The van der Waals surface area contributed by atoms with Crippen LogP contribution in [0.15, 0.2) is 0 Å². The third kappa shape index (κ3) is 12.8. The molecule has 0 bridgehead atoms. The minimum atomic E-state index is -1.47. The predicted octanol–water partition coefficient (Wildman–Crippen LogP) is -1.79. The first kappa shape index (κ1) is 27.4. The number of ketones is 1. The highest BCUT2D eigenvalue weighted by Gasteiger charge is 2.27. The van der Waals surface area contributed by atoms with Gasteiger partial charge >= 0.3 is 5.97 Å². The van der Waals surface area contributed by atoms with Crippen LogP contribution in [0.2, 0.25) is 0 Å². The molecular formula is C18H31N3O9. The van der Waals surface area contributed by atoms with Crippen LogP contribution in [0.4, 0.5) is 0 Å². The van der Waals surface area contributed by atoms with Crippen molar-refractivity contribution in [2.24, 2.45) is 11.7 Å². The van der Waals surface area contributed by atoms with Gasteiger partial charge in [0.1, 0.15) is 12.6 Å². The van der Waals surface area contributed by atoms with Crippen LogP contribution in [0.1, 0.15) is 26.7 Å². The molecule has 0 saturated heterocycles. The number of Topliss-reactive ketones (excluding diaryl/α,β-unsaturated/α-hetero) is 1. The van der Waals surface area contributed by atoms with E-state index >= 15 is 0 Å². The first-order chi connectivity index (χ1) is 14.1. The number of amides is 3. The van der Waals surface area contributed by atoms with Gasteiger partial charge in [-0.15, -0.1) is 0 Å². The van der Waals surface area contributed by atoms with Crippen molar-refractivity contribution in [3.05, 3.63) is 0 Å². The maximum absolute atomic E-state index is 12.2. The van der Waals surface area contributed by atoms with E-state index in [0.29, 0.717) is 19.8 Å². The molecule has 0 spiro atoms. The van der Waals surface area contributed by atoms with E-state index < -0.39 is 53.9 Å². The Kier molecular flexibility index (Phi) is 14.0. The molecule has 0 aromatic carbocycles. The molecule has 0 radical (unpaired) electrons. The van der Waals surface area contributed by atoms with Gasteiger partial charge in [-0.05, 0) is 6.92 Å². The Morgan fingerprint density at radius 1 is 0.933 bits per heavy atom. The number of hydrogen-bond acceptors (Lipinski definition) is 8. The predicted molar refractivity (Wildman–Crippen MR) is 103 cm³/mol. The molecule has 0 heterocycles. The van der Waals surface area contributed by atoms with Gasteiger partial charge in [0, 0.05) is 19.4 Å². The Morgan fingerprint density at radius 2 is 1.53 bits per heavy atom. The van der Waals surface area contributed by atoms with E-state index in [1.54, 1.807) is 7.11 Å². The van der Waals surface area contributed by atoms with Gasteiger partial charge in [-0.2, -0.15) is 0 Å². The highest BCUT2D eigenvalue weighted by molar-refractivity contribution is 5.93. The smallest absolute Gasteiger partial charge is 0.326 e. The number of primary amides is 1. The van der Waals surface area contributed by atoms with Gasteiger partial charge in [0.2, 0.25) is 17.7 Å². The molecule has 172 valence electrons. The number of methoxy groups -OCH3 is 1. The molecular weight excluding hydrogens is 402 g/mol. The summed E-state index contributed by atoms with van der Waals surface area (Å²) in [6, 6.07) is -2.34. The first-order valence-electron chi connectivity index (χ1n) is 9.36. The van der Waals surface area contributed by atoms with E-state index in [9.17, 15) is 24.0 Å². The summed E-state index contributed by atoms with van der Waals surface area (Å²) in [5.74, 6) is -4.80. The molecule has 3 amide bonds. The van der Waals surface area contributed by atoms with Crippen LogP contribution < -0.4 is 16.4 Å². The van der Waals surface area contributed by atoms with Crippen molar-refractivity contribution < 1.29 is 43.3 Å². The number of aliphatic carboxylic acids is 1. The third-order valence-corrected chi connectivity index (χ3v) is 3.87. The number of nitrogens with two attached hydrogens (primary N) is 1. The van der Waals surface area contributed by atoms with Gasteiger partial charge in [0.25, 0.3) is 0 Å². The van der Waals surface area contributed by atoms with Gasteiger partial charge in [-0.3, -0.25) is 19.2 Å². The van der Waals surface area contributed by atoms with E-state index in [1.165, 1.54) is 13.8 Å². The molecule has 0 aliphatic carbocycles. The van der Waals surface area contributed by atoms with Crippen LogP contribution in [0.5, 0.6) is 0 Å². The maximum Gasteiger partial charge on any atom is 0.326 e. The zero-order valence-electron chi connectivity index (χ0n) is 17.5. The summed E-state index contributed by atoms with van der Waals surface area (Å²) < 4.78 is 15.1. The Bertz CT molecular complexity index is 597.